The second-order valence-corrected chi connectivity index (χ2v) is 10.3. The lowest BCUT2D eigenvalue weighted by Crippen LogP contribution is -2.03. The monoisotopic (exact) mass is 524 g/mol. The fraction of sp³-hybridized carbons (Fsp3) is 0.0294. The molecule has 0 bridgehead atoms. The van der Waals surface area contributed by atoms with E-state index in [1.807, 2.05) is 61.5 Å². The molecule has 6 rings (SSSR count). The number of fused-ring (bicyclic) bond motifs is 2. The summed E-state index contributed by atoms with van der Waals surface area (Å²) < 4.78 is 3.37. The quantitative estimate of drug-likeness (QED) is 0.214. The van der Waals surface area contributed by atoms with Crippen molar-refractivity contribution in [1.82, 2.24) is 9.55 Å². The molecule has 0 radical (unpaired) electrons. The van der Waals surface area contributed by atoms with E-state index in [2.05, 4.69) is 65.8 Å². The van der Waals surface area contributed by atoms with Gasteiger partial charge in [-0.3, -0.25) is 0 Å². The summed E-state index contributed by atoms with van der Waals surface area (Å²) in [6.45, 7) is 5.86. The molecule has 4 nitrogen and oxygen atoms in total. The molecule has 0 fully saturated rings. The minimum Gasteiger partial charge on any atom is -0.396 e. The number of aromatic nitrogens is 2. The lowest BCUT2D eigenvalue weighted by molar-refractivity contribution is 1.12. The fourth-order valence-electron chi connectivity index (χ4n) is 5.14. The molecule has 0 aliphatic rings. The highest BCUT2D eigenvalue weighted by atomic mass is 32.1. The molecule has 39 heavy (non-hydrogen) atoms. The van der Waals surface area contributed by atoms with Crippen molar-refractivity contribution in [3.8, 4) is 28.2 Å². The highest BCUT2D eigenvalue weighted by Gasteiger charge is 2.24. The van der Waals surface area contributed by atoms with E-state index in [0.29, 0.717) is 5.69 Å². The first-order chi connectivity index (χ1) is 19.1. The SMILES string of the molecule is C=C/C=C\C(=C/C)c1cc(-n2c(-c3c(N)sc4ccccc34)c(N)c3ccccc32)cc(-c2ccccc2)n1. The summed E-state index contributed by atoms with van der Waals surface area (Å²) in [6.07, 6.45) is 7.79. The summed E-state index contributed by atoms with van der Waals surface area (Å²) >= 11 is 1.59. The number of allylic oxidation sites excluding steroid dienone is 5. The minimum absolute atomic E-state index is 0.707. The second-order valence-electron chi connectivity index (χ2n) is 9.25. The summed E-state index contributed by atoms with van der Waals surface area (Å²) in [6, 6.07) is 31.0. The van der Waals surface area contributed by atoms with Crippen LogP contribution in [0.1, 0.15) is 12.6 Å². The highest BCUT2D eigenvalue weighted by molar-refractivity contribution is 7.23. The zero-order valence-electron chi connectivity index (χ0n) is 21.6. The molecule has 0 saturated heterocycles. The zero-order chi connectivity index (χ0) is 26.9. The maximum atomic E-state index is 6.95. The molecule has 3 aromatic heterocycles. The van der Waals surface area contributed by atoms with Crippen LogP contribution in [0, 0.1) is 0 Å². The molecular formula is C34H28N4S. The van der Waals surface area contributed by atoms with E-state index in [4.69, 9.17) is 16.5 Å². The van der Waals surface area contributed by atoms with Crippen LogP contribution in [-0.4, -0.2) is 9.55 Å². The van der Waals surface area contributed by atoms with Crippen molar-refractivity contribution < 1.29 is 0 Å². The van der Waals surface area contributed by atoms with Gasteiger partial charge in [-0.1, -0.05) is 97.6 Å². The number of rotatable bonds is 6. The number of para-hydroxylation sites is 1. The number of nitrogens with two attached hydrogens (primary N) is 2. The van der Waals surface area contributed by atoms with Gasteiger partial charge in [0.25, 0.3) is 0 Å². The standard InChI is InChI=1S/C34H28N4S/c1-3-5-13-22(4-2)27-20-24(21-28(37-27)23-14-7-6-8-15-23)38-29-18-11-9-16-25(29)32(35)33(38)31-26-17-10-12-19-30(26)39-34(31)36/h3-21H,1,35-36H2,2H3/b13-5-,22-4+. The Morgan fingerprint density at radius 1 is 0.897 bits per heavy atom. The van der Waals surface area contributed by atoms with Crippen LogP contribution in [0.15, 0.2) is 122 Å². The normalized spacial score (nSPS) is 12.1. The van der Waals surface area contributed by atoms with Gasteiger partial charge in [0.15, 0.2) is 0 Å². The first-order valence-corrected chi connectivity index (χ1v) is 13.6. The lowest BCUT2D eigenvalue weighted by atomic mass is 10.1. The van der Waals surface area contributed by atoms with Gasteiger partial charge in [-0.05, 0) is 36.8 Å². The number of nitrogen functional groups attached to an aromatic ring is 2. The smallest absolute Gasteiger partial charge is 0.0964 e. The van der Waals surface area contributed by atoms with Crippen LogP contribution < -0.4 is 11.5 Å². The van der Waals surface area contributed by atoms with Crippen LogP contribution in [0.25, 0.3) is 54.8 Å². The van der Waals surface area contributed by atoms with E-state index in [1.54, 1.807) is 17.4 Å². The third-order valence-corrected chi connectivity index (χ3v) is 7.93. The molecule has 3 aromatic carbocycles. The van der Waals surface area contributed by atoms with Crippen molar-refractivity contribution in [2.24, 2.45) is 0 Å². The van der Waals surface area contributed by atoms with E-state index in [1.165, 1.54) is 0 Å². The summed E-state index contributed by atoms with van der Waals surface area (Å²) in [7, 11) is 0. The summed E-state index contributed by atoms with van der Waals surface area (Å²) in [4.78, 5) is 5.08. The molecule has 0 atom stereocenters. The van der Waals surface area contributed by atoms with Crippen LogP contribution in [-0.2, 0) is 0 Å². The van der Waals surface area contributed by atoms with Gasteiger partial charge in [-0.15, -0.1) is 11.3 Å². The molecule has 3 heterocycles. The van der Waals surface area contributed by atoms with Crippen LogP contribution in [0.2, 0.25) is 0 Å². The molecule has 0 aliphatic heterocycles. The third kappa shape index (κ3) is 4.23. The maximum absolute atomic E-state index is 6.95. The summed E-state index contributed by atoms with van der Waals surface area (Å²) in [5, 5.41) is 2.82. The van der Waals surface area contributed by atoms with Gasteiger partial charge in [-0.25, -0.2) is 4.98 Å². The van der Waals surface area contributed by atoms with Crippen molar-refractivity contribution in [3.63, 3.8) is 0 Å². The number of anilines is 2. The Balaban J connectivity index is 1.72. The Hall–Kier alpha value is -4.87. The molecule has 190 valence electrons. The van der Waals surface area contributed by atoms with Crippen molar-refractivity contribution in [3.05, 3.63) is 128 Å². The van der Waals surface area contributed by atoms with E-state index >= 15 is 0 Å². The number of hydrogen-bond acceptors (Lipinski definition) is 4. The molecule has 0 amide bonds. The van der Waals surface area contributed by atoms with E-state index < -0.39 is 0 Å². The Bertz CT molecular complexity index is 1900. The van der Waals surface area contributed by atoms with Gasteiger partial charge in [0, 0.05) is 26.6 Å². The van der Waals surface area contributed by atoms with Gasteiger partial charge >= 0.3 is 0 Å². The Labute approximate surface area is 231 Å². The maximum Gasteiger partial charge on any atom is 0.0964 e. The topological polar surface area (TPSA) is 69.9 Å². The Morgan fingerprint density at radius 2 is 1.62 bits per heavy atom. The van der Waals surface area contributed by atoms with Crippen molar-refractivity contribution in [2.75, 3.05) is 11.5 Å². The van der Waals surface area contributed by atoms with Crippen molar-refractivity contribution in [1.29, 1.82) is 0 Å². The average Bonchev–Trinajstić information content (AvgIpc) is 3.46. The van der Waals surface area contributed by atoms with Gasteiger partial charge in [0.2, 0.25) is 0 Å². The van der Waals surface area contributed by atoms with Gasteiger partial charge in [0.05, 0.1) is 39.0 Å². The van der Waals surface area contributed by atoms with Crippen LogP contribution >= 0.6 is 11.3 Å². The van der Waals surface area contributed by atoms with Gasteiger partial charge in [-0.2, -0.15) is 0 Å². The number of benzene rings is 3. The number of nitrogens with zero attached hydrogens (tertiary/aromatic N) is 2. The number of hydrogen-bond donors (Lipinski definition) is 2. The minimum atomic E-state index is 0.707. The average molecular weight is 525 g/mol. The zero-order valence-corrected chi connectivity index (χ0v) is 22.5. The second kappa shape index (κ2) is 10.1. The largest absolute Gasteiger partial charge is 0.396 e. The highest BCUT2D eigenvalue weighted by Crippen LogP contribution is 2.47. The molecule has 5 heteroatoms. The first kappa shape index (κ1) is 24.5. The predicted molar refractivity (Wildman–Crippen MR) is 169 cm³/mol. The Morgan fingerprint density at radius 3 is 2.38 bits per heavy atom. The first-order valence-electron chi connectivity index (χ1n) is 12.8. The van der Waals surface area contributed by atoms with E-state index in [0.717, 1.165) is 65.5 Å². The lowest BCUT2D eigenvalue weighted by Gasteiger charge is -2.16. The summed E-state index contributed by atoms with van der Waals surface area (Å²) in [5.74, 6) is 0. The summed E-state index contributed by atoms with van der Waals surface area (Å²) in [5.41, 5.74) is 22.0. The van der Waals surface area contributed by atoms with Gasteiger partial charge in [0.1, 0.15) is 0 Å². The van der Waals surface area contributed by atoms with Crippen molar-refractivity contribution in [2.45, 2.75) is 6.92 Å². The molecule has 0 unspecified atom stereocenters. The molecular weight excluding hydrogens is 496 g/mol. The number of thiophene rings is 1. The van der Waals surface area contributed by atoms with Crippen LogP contribution in [0.4, 0.5) is 10.7 Å². The molecule has 6 aromatic rings. The Kier molecular flexibility index (Phi) is 6.35. The number of pyridine rings is 1. The third-order valence-electron chi connectivity index (χ3n) is 6.93. The molecule has 0 saturated carbocycles. The molecule has 0 aliphatic carbocycles. The van der Waals surface area contributed by atoms with E-state index in [-0.39, 0.29) is 0 Å². The van der Waals surface area contributed by atoms with Crippen molar-refractivity contribution >= 4 is 48.6 Å². The molecule has 0 spiro atoms. The van der Waals surface area contributed by atoms with Crippen LogP contribution in [0.5, 0.6) is 0 Å². The molecule has 4 N–H and O–H groups in total. The fourth-order valence-corrected chi connectivity index (χ4v) is 6.11. The van der Waals surface area contributed by atoms with Gasteiger partial charge < -0.3 is 16.0 Å². The van der Waals surface area contributed by atoms with Crippen LogP contribution in [0.3, 0.4) is 0 Å². The predicted octanol–water partition coefficient (Wildman–Crippen LogP) is 8.88. The van der Waals surface area contributed by atoms with E-state index in [9.17, 15) is 0 Å².